The van der Waals surface area contributed by atoms with E-state index in [4.69, 9.17) is 27.9 Å². The minimum Gasteiger partial charge on any atom is -0.437 e. The Balaban J connectivity index is 2.34. The van der Waals surface area contributed by atoms with Gasteiger partial charge in [-0.05, 0) is 25.5 Å². The summed E-state index contributed by atoms with van der Waals surface area (Å²) in [6, 6.07) is 4.06. The zero-order valence-electron chi connectivity index (χ0n) is 10.6. The van der Waals surface area contributed by atoms with E-state index < -0.39 is 4.92 Å². The quantitative estimate of drug-likeness (QED) is 0.629. The molecule has 2 aromatic rings. The van der Waals surface area contributed by atoms with Gasteiger partial charge in [-0.1, -0.05) is 23.2 Å². The fourth-order valence-electron chi connectivity index (χ4n) is 1.46. The summed E-state index contributed by atoms with van der Waals surface area (Å²) in [4.78, 5) is 10.1. The number of aromatic nitrogens is 2. The average Bonchev–Trinajstić information content (AvgIpc) is 2.39. The van der Waals surface area contributed by atoms with E-state index in [1.54, 1.807) is 13.8 Å². The van der Waals surface area contributed by atoms with Crippen LogP contribution in [0, 0.1) is 24.0 Å². The molecule has 0 bridgehead atoms. The van der Waals surface area contributed by atoms with Crippen molar-refractivity contribution in [2.45, 2.75) is 13.8 Å². The molecule has 104 valence electrons. The third-order valence-corrected chi connectivity index (χ3v) is 3.41. The van der Waals surface area contributed by atoms with Crippen LogP contribution in [0.3, 0.4) is 0 Å². The summed E-state index contributed by atoms with van der Waals surface area (Å²) in [6.07, 6.45) is 0. The second-order valence-corrected chi connectivity index (χ2v) is 4.78. The number of ether oxygens (including phenoxy) is 1. The molecule has 0 atom stereocenters. The fourth-order valence-corrected chi connectivity index (χ4v) is 1.88. The Morgan fingerprint density at radius 3 is 2.50 bits per heavy atom. The molecule has 1 aromatic heterocycles. The molecule has 0 aliphatic rings. The summed E-state index contributed by atoms with van der Waals surface area (Å²) in [7, 11) is 0. The highest BCUT2D eigenvalue weighted by Crippen LogP contribution is 2.32. The number of hydrogen-bond acceptors (Lipinski definition) is 5. The van der Waals surface area contributed by atoms with Crippen molar-refractivity contribution in [3.63, 3.8) is 0 Å². The maximum absolute atomic E-state index is 10.7. The molecule has 0 aliphatic carbocycles. The molecule has 0 unspecified atom stereocenters. The molecule has 0 saturated carbocycles. The number of halogens is 2. The number of rotatable bonds is 3. The Morgan fingerprint density at radius 2 is 1.90 bits per heavy atom. The van der Waals surface area contributed by atoms with Crippen LogP contribution in [-0.2, 0) is 0 Å². The van der Waals surface area contributed by atoms with Gasteiger partial charge >= 0.3 is 0 Å². The molecule has 0 aliphatic heterocycles. The Kier molecular flexibility index (Phi) is 4.06. The van der Waals surface area contributed by atoms with Crippen LogP contribution >= 0.6 is 23.2 Å². The number of nitro groups is 1. The molecule has 1 heterocycles. The highest BCUT2D eigenvalue weighted by atomic mass is 35.5. The summed E-state index contributed by atoms with van der Waals surface area (Å²) in [6.45, 7) is 3.58. The molecule has 8 heteroatoms. The van der Waals surface area contributed by atoms with Gasteiger partial charge in [-0.3, -0.25) is 10.1 Å². The number of benzene rings is 1. The van der Waals surface area contributed by atoms with E-state index in [1.807, 2.05) is 0 Å². The van der Waals surface area contributed by atoms with Crippen molar-refractivity contribution >= 4 is 28.9 Å². The van der Waals surface area contributed by atoms with Crippen molar-refractivity contribution in [2.24, 2.45) is 0 Å². The van der Waals surface area contributed by atoms with E-state index in [9.17, 15) is 10.1 Å². The maximum atomic E-state index is 10.7. The number of hydrogen-bond donors (Lipinski definition) is 0. The van der Waals surface area contributed by atoms with Gasteiger partial charge in [0.15, 0.2) is 5.15 Å². The van der Waals surface area contributed by atoms with E-state index in [0.29, 0.717) is 10.9 Å². The Hall–Kier alpha value is -1.92. The van der Waals surface area contributed by atoms with Crippen LogP contribution in [0.15, 0.2) is 18.2 Å². The summed E-state index contributed by atoms with van der Waals surface area (Å²) >= 11 is 11.7. The highest BCUT2D eigenvalue weighted by molar-refractivity contribution is 6.32. The molecule has 0 amide bonds. The molecule has 0 N–H and O–H groups in total. The minimum atomic E-state index is -0.566. The smallest absolute Gasteiger partial charge is 0.288 e. The van der Waals surface area contributed by atoms with E-state index in [-0.39, 0.29) is 16.6 Å². The zero-order valence-corrected chi connectivity index (χ0v) is 12.1. The van der Waals surface area contributed by atoms with Crippen LogP contribution in [0.4, 0.5) is 5.69 Å². The van der Waals surface area contributed by atoms with Gasteiger partial charge in [0.05, 0.1) is 4.92 Å². The van der Waals surface area contributed by atoms with Gasteiger partial charge in [0, 0.05) is 17.7 Å². The largest absolute Gasteiger partial charge is 0.437 e. The number of nitrogens with zero attached hydrogens (tertiary/aromatic N) is 3. The minimum absolute atomic E-state index is 0.0104. The highest BCUT2D eigenvalue weighted by Gasteiger charge is 2.15. The zero-order chi connectivity index (χ0) is 14.9. The lowest BCUT2D eigenvalue weighted by Gasteiger charge is -2.09. The summed E-state index contributed by atoms with van der Waals surface area (Å²) in [5, 5.41) is 18.6. The second kappa shape index (κ2) is 5.60. The third-order valence-electron chi connectivity index (χ3n) is 2.75. The Labute approximate surface area is 124 Å². The molecule has 20 heavy (non-hydrogen) atoms. The first-order valence-corrected chi connectivity index (χ1v) is 6.27. The molecule has 0 fully saturated rings. The van der Waals surface area contributed by atoms with Gasteiger partial charge in [-0.15, -0.1) is 10.2 Å². The summed E-state index contributed by atoms with van der Waals surface area (Å²) < 4.78 is 5.52. The topological polar surface area (TPSA) is 78.2 Å². The molecule has 0 saturated heterocycles. The fraction of sp³-hybridized carbons (Fsp3) is 0.167. The van der Waals surface area contributed by atoms with Crippen LogP contribution in [0.2, 0.25) is 10.2 Å². The van der Waals surface area contributed by atoms with Crippen molar-refractivity contribution in [2.75, 3.05) is 0 Å². The van der Waals surface area contributed by atoms with Crippen LogP contribution in [0.25, 0.3) is 0 Å². The van der Waals surface area contributed by atoms with Crippen LogP contribution in [0.5, 0.6) is 11.6 Å². The lowest BCUT2D eigenvalue weighted by Crippen LogP contribution is -1.98. The van der Waals surface area contributed by atoms with E-state index in [2.05, 4.69) is 10.2 Å². The van der Waals surface area contributed by atoms with Gasteiger partial charge in [0.2, 0.25) is 5.88 Å². The molecule has 2 rings (SSSR count). The predicted octanol–water partition coefficient (Wildman–Crippen LogP) is 4.10. The average molecular weight is 314 g/mol. The molecule has 6 nitrogen and oxygen atoms in total. The van der Waals surface area contributed by atoms with Crippen molar-refractivity contribution in [3.05, 3.63) is 49.6 Å². The molecule has 0 radical (unpaired) electrons. The maximum Gasteiger partial charge on any atom is 0.288 e. The first-order chi connectivity index (χ1) is 9.40. The lowest BCUT2D eigenvalue weighted by molar-refractivity contribution is -0.384. The van der Waals surface area contributed by atoms with E-state index in [1.165, 1.54) is 18.2 Å². The molecular formula is C12H9Cl2N3O3. The first kappa shape index (κ1) is 14.5. The summed E-state index contributed by atoms with van der Waals surface area (Å²) in [5.74, 6) is 0.608. The van der Waals surface area contributed by atoms with Crippen molar-refractivity contribution < 1.29 is 9.66 Å². The Morgan fingerprint density at radius 1 is 1.20 bits per heavy atom. The monoisotopic (exact) mass is 313 g/mol. The van der Waals surface area contributed by atoms with Crippen LogP contribution < -0.4 is 4.74 Å². The molecule has 0 spiro atoms. The van der Waals surface area contributed by atoms with E-state index in [0.717, 1.165) is 11.1 Å². The van der Waals surface area contributed by atoms with E-state index >= 15 is 0 Å². The molecular weight excluding hydrogens is 305 g/mol. The normalized spacial score (nSPS) is 10.4. The van der Waals surface area contributed by atoms with Crippen molar-refractivity contribution in [1.29, 1.82) is 0 Å². The summed E-state index contributed by atoms with van der Waals surface area (Å²) in [5.41, 5.74) is 1.30. The SMILES string of the molecule is Cc1c(Cl)nnc(Oc2ccc([N+](=O)[O-])c(Cl)c2)c1C. The van der Waals surface area contributed by atoms with Gasteiger partial charge in [0.1, 0.15) is 10.8 Å². The van der Waals surface area contributed by atoms with Gasteiger partial charge in [-0.2, -0.15) is 0 Å². The van der Waals surface area contributed by atoms with Crippen molar-refractivity contribution in [3.8, 4) is 11.6 Å². The standard InChI is InChI=1S/C12H9Cl2N3O3/c1-6-7(2)12(16-15-11(6)14)20-8-3-4-10(17(18)19)9(13)5-8/h3-5H,1-2H3. The Bertz CT molecular complexity index is 692. The van der Waals surface area contributed by atoms with Crippen molar-refractivity contribution in [1.82, 2.24) is 10.2 Å². The third kappa shape index (κ3) is 2.81. The van der Waals surface area contributed by atoms with Gasteiger partial charge in [0.25, 0.3) is 5.69 Å². The number of nitro benzene ring substituents is 1. The first-order valence-electron chi connectivity index (χ1n) is 5.51. The molecule has 1 aromatic carbocycles. The second-order valence-electron chi connectivity index (χ2n) is 4.02. The lowest BCUT2D eigenvalue weighted by atomic mass is 10.2. The van der Waals surface area contributed by atoms with Gasteiger partial charge in [-0.25, -0.2) is 0 Å². The predicted molar refractivity (Wildman–Crippen MR) is 74.7 cm³/mol. The van der Waals surface area contributed by atoms with Crippen LogP contribution in [0.1, 0.15) is 11.1 Å². The van der Waals surface area contributed by atoms with Crippen LogP contribution in [-0.4, -0.2) is 15.1 Å². The van der Waals surface area contributed by atoms with Gasteiger partial charge < -0.3 is 4.74 Å².